The maximum Gasteiger partial charge on any atom is 0.223 e. The van der Waals surface area contributed by atoms with Crippen LogP contribution in [0.3, 0.4) is 0 Å². The Morgan fingerprint density at radius 3 is 2.61 bits per heavy atom. The van der Waals surface area contributed by atoms with E-state index in [4.69, 9.17) is 11.6 Å². The zero-order valence-corrected chi connectivity index (χ0v) is 11.0. The monoisotopic (exact) mass is 265 g/mol. The number of hydrogen-bond acceptors (Lipinski definition) is 8. The third-order valence-corrected chi connectivity index (χ3v) is 3.40. The molecule has 0 bridgehead atoms. The fourth-order valence-corrected chi connectivity index (χ4v) is 2.23. The number of anilines is 3. The number of aromatic nitrogens is 3. The first-order chi connectivity index (χ1) is 8.51. The molecule has 2 heterocycles. The van der Waals surface area contributed by atoms with Crippen LogP contribution in [0, 0.1) is 0 Å². The molecule has 2 rings (SSSR count). The highest BCUT2D eigenvalue weighted by molar-refractivity contribution is 7.09. The second-order valence-electron chi connectivity index (χ2n) is 4.23. The highest BCUT2D eigenvalue weighted by atomic mass is 32.1. The minimum Gasteiger partial charge on any atom is -0.368 e. The smallest absolute Gasteiger partial charge is 0.223 e. The van der Waals surface area contributed by atoms with E-state index in [-0.39, 0.29) is 11.5 Å². The molecule has 0 saturated heterocycles. The summed E-state index contributed by atoms with van der Waals surface area (Å²) in [6.07, 6.45) is 1.77. The number of nitrogen functional groups attached to an aromatic ring is 2. The van der Waals surface area contributed by atoms with E-state index in [1.54, 1.807) is 23.6 Å². The van der Waals surface area contributed by atoms with E-state index in [0.29, 0.717) is 11.6 Å². The summed E-state index contributed by atoms with van der Waals surface area (Å²) in [6.45, 7) is 4.03. The molecule has 0 spiro atoms. The van der Waals surface area contributed by atoms with Crippen molar-refractivity contribution in [2.24, 2.45) is 5.84 Å². The molecule has 0 atom stereocenters. The number of rotatable bonds is 4. The number of hydrogen-bond donors (Lipinski definition) is 4. The molecule has 2 aromatic heterocycles. The Kier molecular flexibility index (Phi) is 3.30. The van der Waals surface area contributed by atoms with Gasteiger partial charge < -0.3 is 16.5 Å². The number of hydrazine groups is 1. The van der Waals surface area contributed by atoms with Crippen LogP contribution in [-0.2, 0) is 5.54 Å². The number of thiazole rings is 1. The third kappa shape index (κ3) is 2.66. The summed E-state index contributed by atoms with van der Waals surface area (Å²) in [5.41, 5.74) is 7.70. The molecule has 18 heavy (non-hydrogen) atoms. The van der Waals surface area contributed by atoms with Crippen LogP contribution in [0.15, 0.2) is 17.6 Å². The van der Waals surface area contributed by atoms with Crippen molar-refractivity contribution in [3.8, 4) is 0 Å². The van der Waals surface area contributed by atoms with Gasteiger partial charge in [-0.2, -0.15) is 9.97 Å². The Hall–Kier alpha value is -1.93. The maximum atomic E-state index is 5.60. The summed E-state index contributed by atoms with van der Waals surface area (Å²) in [6, 6.07) is 1.69. The lowest BCUT2D eigenvalue weighted by molar-refractivity contribution is 0.601. The van der Waals surface area contributed by atoms with Gasteiger partial charge >= 0.3 is 0 Å². The molecule has 0 radical (unpaired) electrons. The van der Waals surface area contributed by atoms with Gasteiger partial charge in [0, 0.05) is 17.6 Å². The molecule has 96 valence electrons. The molecule has 0 aliphatic rings. The average Bonchev–Trinajstić information content (AvgIpc) is 2.81. The first-order valence-corrected chi connectivity index (χ1v) is 6.18. The van der Waals surface area contributed by atoms with Gasteiger partial charge in [0.2, 0.25) is 5.95 Å². The molecule has 6 N–H and O–H groups in total. The Morgan fingerprint density at radius 1 is 1.28 bits per heavy atom. The quantitative estimate of drug-likeness (QED) is 0.484. The highest BCUT2D eigenvalue weighted by Crippen LogP contribution is 2.27. The van der Waals surface area contributed by atoms with Crippen LogP contribution in [-0.4, -0.2) is 15.0 Å². The molecule has 0 aliphatic carbocycles. The molecule has 0 saturated carbocycles. The molecule has 0 aliphatic heterocycles. The second-order valence-corrected chi connectivity index (χ2v) is 5.12. The van der Waals surface area contributed by atoms with Crippen molar-refractivity contribution < 1.29 is 0 Å². The SMILES string of the molecule is CC(C)(Nc1cc(NN)nc(N)n1)c1nccs1. The Morgan fingerprint density at radius 2 is 2.00 bits per heavy atom. The number of nitrogens with zero attached hydrogens (tertiary/aromatic N) is 3. The van der Waals surface area contributed by atoms with E-state index in [1.807, 2.05) is 19.2 Å². The van der Waals surface area contributed by atoms with Gasteiger partial charge in [0.15, 0.2) is 0 Å². The van der Waals surface area contributed by atoms with Crippen molar-refractivity contribution in [1.82, 2.24) is 15.0 Å². The molecule has 0 amide bonds. The minimum atomic E-state index is -0.346. The van der Waals surface area contributed by atoms with E-state index in [1.165, 1.54) is 0 Å². The lowest BCUT2D eigenvalue weighted by Gasteiger charge is -2.24. The molecule has 0 unspecified atom stereocenters. The molecule has 8 heteroatoms. The lowest BCUT2D eigenvalue weighted by atomic mass is 10.1. The van der Waals surface area contributed by atoms with Crippen molar-refractivity contribution in [3.05, 3.63) is 22.7 Å². The minimum absolute atomic E-state index is 0.155. The summed E-state index contributed by atoms with van der Waals surface area (Å²) in [5.74, 6) is 6.52. The van der Waals surface area contributed by atoms with Crippen LogP contribution >= 0.6 is 11.3 Å². The lowest BCUT2D eigenvalue weighted by Crippen LogP contribution is -2.28. The number of nitrogens with one attached hydrogen (secondary N) is 2. The van der Waals surface area contributed by atoms with Crippen molar-refractivity contribution >= 4 is 28.9 Å². The van der Waals surface area contributed by atoms with E-state index < -0.39 is 0 Å². The van der Waals surface area contributed by atoms with Gasteiger partial charge in [-0.25, -0.2) is 10.8 Å². The van der Waals surface area contributed by atoms with Crippen LogP contribution in [0.5, 0.6) is 0 Å². The normalized spacial score (nSPS) is 11.3. The molecular weight excluding hydrogens is 250 g/mol. The summed E-state index contributed by atoms with van der Waals surface area (Å²) in [5, 5.41) is 6.15. The maximum absolute atomic E-state index is 5.60. The summed E-state index contributed by atoms with van der Waals surface area (Å²) < 4.78 is 0. The van der Waals surface area contributed by atoms with Gasteiger partial charge in [-0.1, -0.05) is 0 Å². The summed E-state index contributed by atoms with van der Waals surface area (Å²) >= 11 is 1.57. The molecule has 0 fully saturated rings. The first kappa shape index (κ1) is 12.5. The van der Waals surface area contributed by atoms with E-state index >= 15 is 0 Å². The fraction of sp³-hybridized carbons (Fsp3) is 0.300. The topological polar surface area (TPSA) is 115 Å². The van der Waals surface area contributed by atoms with Crippen molar-refractivity contribution in [1.29, 1.82) is 0 Å². The van der Waals surface area contributed by atoms with Crippen molar-refractivity contribution in [2.75, 3.05) is 16.5 Å². The zero-order valence-electron chi connectivity index (χ0n) is 10.1. The summed E-state index contributed by atoms with van der Waals surface area (Å²) in [7, 11) is 0. The van der Waals surface area contributed by atoms with Crippen LogP contribution < -0.4 is 22.3 Å². The van der Waals surface area contributed by atoms with Gasteiger partial charge in [-0.3, -0.25) is 0 Å². The van der Waals surface area contributed by atoms with Gasteiger partial charge in [0.1, 0.15) is 16.6 Å². The number of nitrogens with two attached hydrogens (primary N) is 2. The third-order valence-electron chi connectivity index (χ3n) is 2.30. The predicted octanol–water partition coefficient (Wildman–Crippen LogP) is 1.15. The van der Waals surface area contributed by atoms with Gasteiger partial charge in [0.05, 0.1) is 5.54 Å². The van der Waals surface area contributed by atoms with Crippen molar-refractivity contribution in [3.63, 3.8) is 0 Å². The molecular formula is C10H15N7S. The fourth-order valence-electron chi connectivity index (χ4n) is 1.51. The largest absolute Gasteiger partial charge is 0.368 e. The zero-order chi connectivity index (χ0) is 13.2. The van der Waals surface area contributed by atoms with Crippen LogP contribution in [0.25, 0.3) is 0 Å². The average molecular weight is 265 g/mol. The van der Waals surface area contributed by atoms with Gasteiger partial charge in [0.25, 0.3) is 0 Å². The summed E-state index contributed by atoms with van der Waals surface area (Å²) in [4.78, 5) is 12.3. The van der Waals surface area contributed by atoms with Crippen LogP contribution in [0.2, 0.25) is 0 Å². The highest BCUT2D eigenvalue weighted by Gasteiger charge is 2.23. The Labute approximate surface area is 109 Å². The van der Waals surface area contributed by atoms with Crippen LogP contribution in [0.4, 0.5) is 17.6 Å². The first-order valence-electron chi connectivity index (χ1n) is 5.30. The predicted molar refractivity (Wildman–Crippen MR) is 73.0 cm³/mol. The van der Waals surface area contributed by atoms with Gasteiger partial charge in [-0.15, -0.1) is 11.3 Å². The van der Waals surface area contributed by atoms with E-state index in [2.05, 4.69) is 25.7 Å². The molecule has 7 nitrogen and oxygen atoms in total. The molecule has 0 aromatic carbocycles. The van der Waals surface area contributed by atoms with E-state index in [9.17, 15) is 0 Å². The van der Waals surface area contributed by atoms with Crippen LogP contribution in [0.1, 0.15) is 18.9 Å². The van der Waals surface area contributed by atoms with E-state index in [0.717, 1.165) is 5.01 Å². The van der Waals surface area contributed by atoms with Gasteiger partial charge in [-0.05, 0) is 13.8 Å². The second kappa shape index (κ2) is 4.75. The van der Waals surface area contributed by atoms with Crippen molar-refractivity contribution in [2.45, 2.75) is 19.4 Å². The Bertz CT molecular complexity index is 523. The molecule has 2 aromatic rings. The standard InChI is InChI=1S/C10H15N7S/c1-10(2,8-13-3-4-18-8)16-6-5-7(17-12)15-9(11)14-6/h3-5H,12H2,1-2H3,(H4,11,14,15,16,17). The Balaban J connectivity index is 2.26.